The number of nitrogens with two attached hydrogens (primary N) is 1. The molecule has 0 spiro atoms. The van der Waals surface area contributed by atoms with Crippen molar-refractivity contribution in [2.45, 2.75) is 18.7 Å². The molecule has 4 rings (SSSR count). The quantitative estimate of drug-likeness (QED) is 0.515. The van der Waals surface area contributed by atoms with Crippen LogP contribution in [-0.4, -0.2) is 67.7 Å². The van der Waals surface area contributed by atoms with E-state index in [2.05, 4.69) is 10.3 Å². The number of halogens is 1. The number of primary amides is 1. The fraction of sp³-hybridized carbons (Fsp3) is 0.292. The molecule has 2 aromatic carbocycles. The first-order valence-corrected chi connectivity index (χ1v) is 12.6. The van der Waals surface area contributed by atoms with Gasteiger partial charge in [-0.25, -0.2) is 12.8 Å². The van der Waals surface area contributed by atoms with E-state index >= 15 is 0 Å². The van der Waals surface area contributed by atoms with E-state index in [1.54, 1.807) is 17.9 Å². The van der Waals surface area contributed by atoms with Gasteiger partial charge in [0.1, 0.15) is 4.90 Å². The number of nitrogens with one attached hydrogen (secondary N) is 1. The smallest absolute Gasteiger partial charge is 0.252 e. The number of amides is 2. The lowest BCUT2D eigenvalue weighted by Crippen LogP contribution is -2.50. The number of hydrogen-bond acceptors (Lipinski definition) is 7. The molecule has 3 N–H and O–H groups in total. The van der Waals surface area contributed by atoms with Gasteiger partial charge in [-0.05, 0) is 36.8 Å². The Balaban J connectivity index is 1.85. The van der Waals surface area contributed by atoms with Crippen LogP contribution in [0.4, 0.5) is 15.8 Å². The van der Waals surface area contributed by atoms with E-state index in [0.29, 0.717) is 16.6 Å². The van der Waals surface area contributed by atoms with Gasteiger partial charge < -0.3 is 20.7 Å². The Morgan fingerprint density at radius 3 is 2.44 bits per heavy atom. The van der Waals surface area contributed by atoms with E-state index in [1.807, 2.05) is 0 Å². The first-order chi connectivity index (χ1) is 17.0. The van der Waals surface area contributed by atoms with Gasteiger partial charge in [-0.1, -0.05) is 0 Å². The topological polar surface area (TPSA) is 135 Å². The zero-order valence-electron chi connectivity index (χ0n) is 20.0. The van der Waals surface area contributed by atoms with E-state index < -0.39 is 21.7 Å². The predicted octanol–water partition coefficient (Wildman–Crippen LogP) is 2.39. The van der Waals surface area contributed by atoms with Crippen molar-refractivity contribution in [3.63, 3.8) is 0 Å². The lowest BCUT2D eigenvalue weighted by Gasteiger charge is -2.33. The molecule has 1 aliphatic heterocycles. The number of methoxy groups -OCH3 is 1. The van der Waals surface area contributed by atoms with E-state index in [9.17, 15) is 22.4 Å². The van der Waals surface area contributed by atoms with Crippen LogP contribution in [0.25, 0.3) is 10.9 Å². The number of ether oxygens (including phenoxy) is 1. The molecule has 1 saturated heterocycles. The first-order valence-electron chi connectivity index (χ1n) is 11.1. The summed E-state index contributed by atoms with van der Waals surface area (Å²) in [5.74, 6) is -1.45. The van der Waals surface area contributed by atoms with Gasteiger partial charge in [0.2, 0.25) is 15.9 Å². The Kier molecular flexibility index (Phi) is 6.83. The summed E-state index contributed by atoms with van der Waals surface area (Å²) in [5, 5.41) is 3.42. The number of nitrogens with zero attached hydrogens (tertiary/aromatic N) is 3. The summed E-state index contributed by atoms with van der Waals surface area (Å²) in [6, 6.07) is 7.29. The Morgan fingerprint density at radius 1 is 1.14 bits per heavy atom. The third-order valence-corrected chi connectivity index (χ3v) is 7.98. The molecule has 0 bridgehead atoms. The molecule has 1 aliphatic rings. The minimum Gasteiger partial charge on any atom is -0.494 e. The van der Waals surface area contributed by atoms with Crippen molar-refractivity contribution in [3.05, 3.63) is 53.5 Å². The summed E-state index contributed by atoms with van der Waals surface area (Å²) < 4.78 is 47.6. The monoisotopic (exact) mass is 515 g/mol. The highest BCUT2D eigenvalue weighted by atomic mass is 32.2. The van der Waals surface area contributed by atoms with Crippen molar-refractivity contribution in [3.8, 4) is 5.75 Å². The molecule has 1 aromatic heterocycles. The summed E-state index contributed by atoms with van der Waals surface area (Å²) in [4.78, 5) is 29.8. The Bertz CT molecular complexity index is 1470. The molecule has 12 heteroatoms. The fourth-order valence-electron chi connectivity index (χ4n) is 4.19. The van der Waals surface area contributed by atoms with E-state index in [-0.39, 0.29) is 59.5 Å². The molecular weight excluding hydrogens is 489 g/mol. The molecule has 0 radical (unpaired) electrons. The number of carbonyl (C=O) groups excluding carboxylic acids is 2. The molecule has 0 atom stereocenters. The molecule has 0 unspecified atom stereocenters. The van der Waals surface area contributed by atoms with Crippen LogP contribution in [-0.2, 0) is 14.8 Å². The van der Waals surface area contributed by atoms with Crippen molar-refractivity contribution in [2.75, 3.05) is 38.6 Å². The summed E-state index contributed by atoms with van der Waals surface area (Å²) in [7, 11) is -2.65. The third-order valence-electron chi connectivity index (χ3n) is 6.07. The highest BCUT2D eigenvalue weighted by Gasteiger charge is 2.32. The molecule has 190 valence electrons. The van der Waals surface area contributed by atoms with Crippen LogP contribution in [0.1, 0.15) is 22.8 Å². The maximum Gasteiger partial charge on any atom is 0.252 e. The molecule has 2 amide bonds. The zero-order valence-corrected chi connectivity index (χ0v) is 20.9. The summed E-state index contributed by atoms with van der Waals surface area (Å²) in [6.45, 7) is 4.05. The number of aryl methyl sites for hydroxylation is 1. The maximum absolute atomic E-state index is 13.9. The van der Waals surface area contributed by atoms with E-state index in [4.69, 9.17) is 10.5 Å². The lowest BCUT2D eigenvalue weighted by molar-refractivity contribution is -0.129. The van der Waals surface area contributed by atoms with Crippen molar-refractivity contribution in [1.29, 1.82) is 0 Å². The van der Waals surface area contributed by atoms with Crippen LogP contribution in [0.15, 0.2) is 41.4 Å². The number of rotatable bonds is 6. The van der Waals surface area contributed by atoms with E-state index in [1.165, 1.54) is 48.8 Å². The first kappa shape index (κ1) is 25.3. The number of pyridine rings is 1. The van der Waals surface area contributed by atoms with Gasteiger partial charge >= 0.3 is 0 Å². The molecule has 1 fully saturated rings. The second-order valence-electron chi connectivity index (χ2n) is 8.45. The fourth-order valence-corrected chi connectivity index (χ4v) is 5.85. The minimum atomic E-state index is -3.98. The van der Waals surface area contributed by atoms with Crippen LogP contribution in [0.5, 0.6) is 5.75 Å². The average molecular weight is 516 g/mol. The Labute approximate surface area is 207 Å². The molecule has 10 nitrogen and oxygen atoms in total. The van der Waals surface area contributed by atoms with Crippen molar-refractivity contribution >= 4 is 44.1 Å². The van der Waals surface area contributed by atoms with Gasteiger partial charge in [-0.3, -0.25) is 14.6 Å². The number of carbonyl (C=O) groups is 2. The Hall–Kier alpha value is -3.77. The number of aromatic nitrogens is 1. The van der Waals surface area contributed by atoms with Crippen LogP contribution >= 0.6 is 0 Å². The number of fused-ring (bicyclic) bond motifs is 1. The van der Waals surface area contributed by atoms with Crippen molar-refractivity contribution in [1.82, 2.24) is 14.2 Å². The number of sulfonamides is 1. The normalized spacial score (nSPS) is 14.6. The minimum absolute atomic E-state index is 0.0110. The number of benzene rings is 2. The summed E-state index contributed by atoms with van der Waals surface area (Å²) in [6.07, 6.45) is 1.22. The van der Waals surface area contributed by atoms with Gasteiger partial charge in [0.15, 0.2) is 11.6 Å². The summed E-state index contributed by atoms with van der Waals surface area (Å²) in [5.41, 5.74) is 7.03. The highest BCUT2D eigenvalue weighted by Crippen LogP contribution is 2.35. The molecule has 3 aromatic rings. The van der Waals surface area contributed by atoms with Crippen LogP contribution in [0, 0.1) is 12.7 Å². The van der Waals surface area contributed by atoms with Gasteiger partial charge in [0, 0.05) is 56.4 Å². The van der Waals surface area contributed by atoms with Gasteiger partial charge in [-0.15, -0.1) is 0 Å². The standard InChI is InChI=1S/C24H26FN5O5S/c1-14-10-17-22(28-16-4-5-19(25)20(12-16)35-3)18(24(26)32)13-27-23(17)21(11-14)36(33,34)30-8-6-29(7-9-30)15(2)31/h4-5,10-13H,6-9H2,1-3H3,(H2,26,32)(H,27,28). The second-order valence-corrected chi connectivity index (χ2v) is 10.4. The van der Waals surface area contributed by atoms with Gasteiger partial charge in [-0.2, -0.15) is 4.31 Å². The van der Waals surface area contributed by atoms with Crippen LogP contribution < -0.4 is 15.8 Å². The SMILES string of the molecule is COc1cc(Nc2c(C(N)=O)cnc3c(S(=O)(=O)N4CCN(C(C)=O)CC4)cc(C)cc23)ccc1F. The average Bonchev–Trinajstić information content (AvgIpc) is 2.84. The lowest BCUT2D eigenvalue weighted by atomic mass is 10.1. The zero-order chi connectivity index (χ0) is 26.2. The maximum atomic E-state index is 13.9. The van der Waals surface area contributed by atoms with Crippen LogP contribution in [0.3, 0.4) is 0 Å². The molecule has 36 heavy (non-hydrogen) atoms. The molecule has 0 saturated carbocycles. The molecule has 2 heterocycles. The van der Waals surface area contributed by atoms with Gasteiger partial charge in [0.25, 0.3) is 5.91 Å². The number of hydrogen-bond donors (Lipinski definition) is 2. The molecular formula is C24H26FN5O5S. The van der Waals surface area contributed by atoms with Gasteiger partial charge in [0.05, 0.1) is 23.9 Å². The number of piperazine rings is 1. The third kappa shape index (κ3) is 4.69. The largest absolute Gasteiger partial charge is 0.494 e. The van der Waals surface area contributed by atoms with Crippen LogP contribution in [0.2, 0.25) is 0 Å². The van der Waals surface area contributed by atoms with E-state index in [0.717, 1.165) is 0 Å². The summed E-state index contributed by atoms with van der Waals surface area (Å²) >= 11 is 0. The Morgan fingerprint density at radius 2 is 1.83 bits per heavy atom. The highest BCUT2D eigenvalue weighted by molar-refractivity contribution is 7.89. The number of anilines is 2. The van der Waals surface area contributed by atoms with Crippen molar-refractivity contribution in [2.24, 2.45) is 5.73 Å². The second kappa shape index (κ2) is 9.70. The predicted molar refractivity (Wildman–Crippen MR) is 132 cm³/mol. The van der Waals surface area contributed by atoms with Crippen molar-refractivity contribution < 1.29 is 27.1 Å². The molecule has 0 aliphatic carbocycles.